The number of ether oxygens (including phenoxy) is 1. The number of ketones is 1. The van der Waals surface area contributed by atoms with E-state index in [1.165, 1.54) is 0 Å². The van der Waals surface area contributed by atoms with E-state index in [-0.39, 0.29) is 17.9 Å². The Kier molecular flexibility index (Phi) is 6.57. The summed E-state index contributed by atoms with van der Waals surface area (Å²) in [6.07, 6.45) is 2.38. The Morgan fingerprint density at radius 1 is 1.21 bits per heavy atom. The first-order valence-corrected chi connectivity index (χ1v) is 7.09. The topological polar surface area (TPSA) is 38.3 Å². The van der Waals surface area contributed by atoms with Crippen LogP contribution in [0.1, 0.15) is 50.9 Å². The van der Waals surface area contributed by atoms with E-state index in [1.54, 1.807) is 0 Å². The van der Waals surface area contributed by atoms with Gasteiger partial charge < -0.3 is 10.1 Å². The summed E-state index contributed by atoms with van der Waals surface area (Å²) in [5, 5.41) is 3.25. The van der Waals surface area contributed by atoms with Crippen molar-refractivity contribution in [3.63, 3.8) is 0 Å². The van der Waals surface area contributed by atoms with E-state index in [2.05, 4.69) is 12.2 Å². The van der Waals surface area contributed by atoms with Gasteiger partial charge in [-0.25, -0.2) is 0 Å². The minimum Gasteiger partial charge on any atom is -0.491 e. The highest BCUT2D eigenvalue weighted by Crippen LogP contribution is 2.15. The van der Waals surface area contributed by atoms with Crippen LogP contribution in [0.15, 0.2) is 24.3 Å². The summed E-state index contributed by atoms with van der Waals surface area (Å²) in [6, 6.07) is 7.23. The average Bonchev–Trinajstić information content (AvgIpc) is 2.38. The molecule has 0 amide bonds. The first-order chi connectivity index (χ1) is 9.04. The highest BCUT2D eigenvalue weighted by atomic mass is 16.5. The molecule has 1 N–H and O–H groups in total. The molecule has 0 aliphatic carbocycles. The van der Waals surface area contributed by atoms with E-state index in [4.69, 9.17) is 4.74 Å². The van der Waals surface area contributed by atoms with E-state index in [0.717, 1.165) is 30.7 Å². The smallest absolute Gasteiger partial charge is 0.179 e. The summed E-state index contributed by atoms with van der Waals surface area (Å²) in [5.41, 5.74) is 0.729. The first-order valence-electron chi connectivity index (χ1n) is 7.09. The Bertz CT molecular complexity index is 384. The predicted octanol–water partition coefficient (Wildman–Crippen LogP) is 3.43. The van der Waals surface area contributed by atoms with Gasteiger partial charge in [0.2, 0.25) is 0 Å². The van der Waals surface area contributed by atoms with Crippen LogP contribution in [-0.4, -0.2) is 24.5 Å². The van der Waals surface area contributed by atoms with Gasteiger partial charge in [0.25, 0.3) is 0 Å². The Morgan fingerprint density at radius 2 is 1.84 bits per heavy atom. The zero-order chi connectivity index (χ0) is 14.3. The average molecular weight is 263 g/mol. The Labute approximate surface area is 116 Å². The van der Waals surface area contributed by atoms with E-state index in [0.29, 0.717) is 0 Å². The van der Waals surface area contributed by atoms with Crippen molar-refractivity contribution >= 4 is 5.78 Å². The van der Waals surface area contributed by atoms with E-state index in [9.17, 15) is 4.79 Å². The monoisotopic (exact) mass is 263 g/mol. The van der Waals surface area contributed by atoms with Gasteiger partial charge in [-0.1, -0.05) is 13.3 Å². The van der Waals surface area contributed by atoms with Gasteiger partial charge >= 0.3 is 0 Å². The third kappa shape index (κ3) is 5.43. The lowest BCUT2D eigenvalue weighted by atomic mass is 10.1. The van der Waals surface area contributed by atoms with Gasteiger partial charge in [0.1, 0.15) is 5.75 Å². The van der Waals surface area contributed by atoms with Crippen molar-refractivity contribution in [1.82, 2.24) is 5.32 Å². The van der Waals surface area contributed by atoms with Gasteiger partial charge in [0.15, 0.2) is 5.78 Å². The molecule has 0 aliphatic rings. The minimum absolute atomic E-state index is 0.132. The highest BCUT2D eigenvalue weighted by Gasteiger charge is 2.14. The molecule has 1 unspecified atom stereocenters. The summed E-state index contributed by atoms with van der Waals surface area (Å²) >= 11 is 0. The van der Waals surface area contributed by atoms with Crippen LogP contribution in [-0.2, 0) is 0 Å². The fourth-order valence-corrected chi connectivity index (χ4v) is 1.81. The number of rotatable bonds is 8. The second-order valence-corrected chi connectivity index (χ2v) is 5.08. The van der Waals surface area contributed by atoms with Crippen LogP contribution in [0, 0.1) is 0 Å². The Balaban J connectivity index is 2.56. The van der Waals surface area contributed by atoms with Crippen LogP contribution in [0.2, 0.25) is 0 Å². The number of carbonyl (C=O) groups excluding carboxylic acids is 1. The maximum Gasteiger partial charge on any atom is 0.179 e. The van der Waals surface area contributed by atoms with Gasteiger partial charge in [-0.2, -0.15) is 0 Å². The molecule has 0 radical (unpaired) electrons. The maximum atomic E-state index is 12.2. The SMILES string of the molecule is CCCCNC(C)C(=O)c1ccc(OC(C)C)cc1. The van der Waals surface area contributed by atoms with Crippen LogP contribution >= 0.6 is 0 Å². The van der Waals surface area contributed by atoms with Gasteiger partial charge in [-0.05, 0) is 58.0 Å². The third-order valence-corrected chi connectivity index (χ3v) is 2.88. The molecule has 106 valence electrons. The van der Waals surface area contributed by atoms with Gasteiger partial charge in [-0.15, -0.1) is 0 Å². The van der Waals surface area contributed by atoms with Gasteiger partial charge in [0, 0.05) is 5.56 Å². The molecule has 0 fully saturated rings. The molecule has 0 heterocycles. The number of carbonyl (C=O) groups is 1. The summed E-state index contributed by atoms with van der Waals surface area (Å²) in [6.45, 7) is 8.91. The molecule has 0 aliphatic heterocycles. The van der Waals surface area contributed by atoms with Crippen molar-refractivity contribution in [3.8, 4) is 5.75 Å². The fraction of sp³-hybridized carbons (Fsp3) is 0.562. The van der Waals surface area contributed by atoms with Crippen LogP contribution < -0.4 is 10.1 Å². The molecule has 1 aromatic rings. The van der Waals surface area contributed by atoms with E-state index < -0.39 is 0 Å². The molecule has 3 heteroatoms. The minimum atomic E-state index is -0.136. The van der Waals surface area contributed by atoms with Crippen LogP contribution in [0.5, 0.6) is 5.75 Å². The second kappa shape index (κ2) is 7.95. The molecular formula is C16H25NO2. The number of hydrogen-bond acceptors (Lipinski definition) is 3. The summed E-state index contributed by atoms with van der Waals surface area (Å²) in [4.78, 5) is 12.2. The largest absolute Gasteiger partial charge is 0.491 e. The molecule has 0 aromatic heterocycles. The van der Waals surface area contributed by atoms with Crippen molar-refractivity contribution in [3.05, 3.63) is 29.8 Å². The number of benzene rings is 1. The Hall–Kier alpha value is -1.35. The quantitative estimate of drug-likeness (QED) is 0.577. The standard InChI is InChI=1S/C16H25NO2/c1-5-6-11-17-13(4)16(18)14-7-9-15(10-8-14)19-12(2)3/h7-10,12-13,17H,5-6,11H2,1-4H3. The fourth-order valence-electron chi connectivity index (χ4n) is 1.81. The first kappa shape index (κ1) is 15.7. The highest BCUT2D eigenvalue weighted by molar-refractivity contribution is 5.99. The van der Waals surface area contributed by atoms with Crippen molar-refractivity contribution in [2.45, 2.75) is 52.7 Å². The van der Waals surface area contributed by atoms with Gasteiger partial charge in [0.05, 0.1) is 12.1 Å². The molecule has 0 saturated carbocycles. The molecule has 0 bridgehead atoms. The van der Waals surface area contributed by atoms with Crippen molar-refractivity contribution in [2.24, 2.45) is 0 Å². The Morgan fingerprint density at radius 3 is 2.37 bits per heavy atom. The molecular weight excluding hydrogens is 238 g/mol. The number of hydrogen-bond donors (Lipinski definition) is 1. The van der Waals surface area contributed by atoms with Gasteiger partial charge in [-0.3, -0.25) is 4.79 Å². The zero-order valence-electron chi connectivity index (χ0n) is 12.4. The molecule has 19 heavy (non-hydrogen) atoms. The number of unbranched alkanes of at least 4 members (excludes halogenated alkanes) is 1. The predicted molar refractivity (Wildman–Crippen MR) is 78.9 cm³/mol. The lowest BCUT2D eigenvalue weighted by molar-refractivity contribution is 0.0951. The maximum absolute atomic E-state index is 12.2. The van der Waals surface area contributed by atoms with E-state index >= 15 is 0 Å². The second-order valence-electron chi connectivity index (χ2n) is 5.08. The third-order valence-electron chi connectivity index (χ3n) is 2.88. The van der Waals surface area contributed by atoms with E-state index in [1.807, 2.05) is 45.0 Å². The molecule has 1 rings (SSSR count). The summed E-state index contributed by atoms with van der Waals surface area (Å²) in [7, 11) is 0. The molecule has 0 spiro atoms. The summed E-state index contributed by atoms with van der Waals surface area (Å²) in [5.74, 6) is 0.936. The number of Topliss-reactive ketones (excluding diaryl/α,β-unsaturated/α-hetero) is 1. The molecule has 1 aromatic carbocycles. The normalized spacial score (nSPS) is 12.5. The summed E-state index contributed by atoms with van der Waals surface area (Å²) < 4.78 is 5.56. The van der Waals surface area contributed by atoms with Crippen molar-refractivity contribution < 1.29 is 9.53 Å². The van der Waals surface area contributed by atoms with Crippen molar-refractivity contribution in [1.29, 1.82) is 0 Å². The van der Waals surface area contributed by atoms with Crippen LogP contribution in [0.4, 0.5) is 0 Å². The zero-order valence-corrected chi connectivity index (χ0v) is 12.4. The molecule has 0 saturated heterocycles. The lowest BCUT2D eigenvalue weighted by Gasteiger charge is -2.13. The molecule has 3 nitrogen and oxygen atoms in total. The van der Waals surface area contributed by atoms with Crippen LogP contribution in [0.3, 0.4) is 0 Å². The number of nitrogens with one attached hydrogen (secondary N) is 1. The lowest BCUT2D eigenvalue weighted by Crippen LogP contribution is -2.34. The van der Waals surface area contributed by atoms with Crippen LogP contribution in [0.25, 0.3) is 0 Å². The molecule has 1 atom stereocenters. The van der Waals surface area contributed by atoms with Crippen molar-refractivity contribution in [2.75, 3.05) is 6.54 Å².